The Morgan fingerprint density at radius 1 is 1.38 bits per heavy atom. The van der Waals surface area contributed by atoms with E-state index in [1.807, 2.05) is 18.2 Å². The van der Waals surface area contributed by atoms with Crippen molar-refractivity contribution in [3.05, 3.63) is 18.2 Å². The van der Waals surface area contributed by atoms with Crippen LogP contribution in [0.1, 0.15) is 19.8 Å². The predicted molar refractivity (Wildman–Crippen MR) is 83.6 cm³/mol. The minimum absolute atomic E-state index is 0.00144. The van der Waals surface area contributed by atoms with Gasteiger partial charge in [0.1, 0.15) is 0 Å². The zero-order chi connectivity index (χ0) is 14.8. The molecule has 0 aliphatic carbocycles. The molecule has 2 heterocycles. The minimum Gasteiger partial charge on any atom is -0.325 e. The van der Waals surface area contributed by atoms with Crippen LogP contribution in [-0.2, 0) is 9.59 Å². The number of hydrogen-bond donors (Lipinski definition) is 3. The Kier molecular flexibility index (Phi) is 3.85. The van der Waals surface area contributed by atoms with Gasteiger partial charge in [0.05, 0.1) is 16.3 Å². The molecule has 2 amide bonds. The van der Waals surface area contributed by atoms with Gasteiger partial charge >= 0.3 is 0 Å². The summed E-state index contributed by atoms with van der Waals surface area (Å²) in [6.07, 6.45) is 1.91. The first-order valence-corrected chi connectivity index (χ1v) is 7.66. The number of hydrogen-bond acceptors (Lipinski definition) is 5. The Labute approximate surface area is 125 Å². The number of aromatic nitrogens is 1. The van der Waals surface area contributed by atoms with Crippen LogP contribution in [0.4, 0.5) is 10.8 Å². The first-order valence-electron chi connectivity index (χ1n) is 6.84. The highest BCUT2D eigenvalue weighted by atomic mass is 32.1. The van der Waals surface area contributed by atoms with E-state index < -0.39 is 0 Å². The third-order valence-electron chi connectivity index (χ3n) is 3.32. The minimum atomic E-state index is -0.144. The fraction of sp³-hybridized carbons (Fsp3) is 0.357. The van der Waals surface area contributed by atoms with Gasteiger partial charge in [-0.3, -0.25) is 9.59 Å². The Morgan fingerprint density at radius 2 is 2.24 bits per heavy atom. The number of nitrogens with one attached hydrogen (secondary N) is 3. The maximum atomic E-state index is 12.1. The van der Waals surface area contributed by atoms with Crippen LogP contribution in [0.2, 0.25) is 0 Å². The molecule has 0 radical (unpaired) electrons. The molecule has 3 N–H and O–H groups in total. The van der Waals surface area contributed by atoms with Crippen molar-refractivity contribution in [1.82, 2.24) is 10.3 Å². The van der Waals surface area contributed by atoms with Crippen molar-refractivity contribution in [2.24, 2.45) is 0 Å². The van der Waals surface area contributed by atoms with Gasteiger partial charge < -0.3 is 16.0 Å². The Balaban J connectivity index is 1.76. The zero-order valence-corrected chi connectivity index (χ0v) is 12.4. The molecule has 0 spiro atoms. The number of carbonyl (C=O) groups excluding carboxylic acids is 2. The number of benzene rings is 1. The van der Waals surface area contributed by atoms with E-state index in [2.05, 4.69) is 20.9 Å². The second kappa shape index (κ2) is 5.79. The molecule has 1 aliphatic rings. The summed E-state index contributed by atoms with van der Waals surface area (Å²) >= 11 is 1.39. The number of thiazole rings is 1. The second-order valence-corrected chi connectivity index (χ2v) is 6.05. The molecule has 1 fully saturated rings. The third kappa shape index (κ3) is 3.20. The molecule has 3 rings (SSSR count). The molecule has 2 aromatic rings. The van der Waals surface area contributed by atoms with Crippen LogP contribution in [0.3, 0.4) is 0 Å². The van der Waals surface area contributed by atoms with Crippen LogP contribution in [0.15, 0.2) is 18.2 Å². The number of amides is 2. The normalized spacial score (nSPS) is 17.9. The van der Waals surface area contributed by atoms with Gasteiger partial charge in [-0.25, -0.2) is 4.98 Å². The van der Waals surface area contributed by atoms with E-state index in [9.17, 15) is 9.59 Å². The first kappa shape index (κ1) is 14.0. The molecule has 1 aliphatic heterocycles. The van der Waals surface area contributed by atoms with E-state index in [-0.39, 0.29) is 17.9 Å². The number of anilines is 2. The predicted octanol–water partition coefficient (Wildman–Crippen LogP) is 1.95. The third-order valence-corrected chi connectivity index (χ3v) is 4.25. The SMILES string of the molecule is CC(=O)Nc1nc2ccc(NC(=O)C3CCCN3)cc2s1. The topological polar surface area (TPSA) is 83.1 Å². The lowest BCUT2D eigenvalue weighted by Gasteiger charge is -2.10. The van der Waals surface area contributed by atoms with E-state index in [1.165, 1.54) is 18.3 Å². The Morgan fingerprint density at radius 3 is 2.95 bits per heavy atom. The molecule has 1 atom stereocenters. The molecule has 110 valence electrons. The summed E-state index contributed by atoms with van der Waals surface area (Å²) < 4.78 is 0.927. The van der Waals surface area contributed by atoms with Gasteiger partial charge in [-0.1, -0.05) is 11.3 Å². The number of nitrogens with zero attached hydrogens (tertiary/aromatic N) is 1. The van der Waals surface area contributed by atoms with Gasteiger partial charge in [0.2, 0.25) is 11.8 Å². The lowest BCUT2D eigenvalue weighted by Crippen LogP contribution is -2.35. The highest BCUT2D eigenvalue weighted by molar-refractivity contribution is 7.22. The number of fused-ring (bicyclic) bond motifs is 1. The molecular formula is C14H16N4O2S. The van der Waals surface area contributed by atoms with Crippen molar-refractivity contribution in [2.45, 2.75) is 25.8 Å². The average molecular weight is 304 g/mol. The van der Waals surface area contributed by atoms with Crippen LogP contribution in [0.5, 0.6) is 0 Å². The van der Waals surface area contributed by atoms with Crippen molar-refractivity contribution in [1.29, 1.82) is 0 Å². The molecule has 21 heavy (non-hydrogen) atoms. The Hall–Kier alpha value is -1.99. The molecule has 1 aromatic heterocycles. The van der Waals surface area contributed by atoms with E-state index in [1.54, 1.807) is 0 Å². The molecule has 1 aromatic carbocycles. The van der Waals surface area contributed by atoms with Crippen molar-refractivity contribution in [3.8, 4) is 0 Å². The monoisotopic (exact) mass is 304 g/mol. The highest BCUT2D eigenvalue weighted by Gasteiger charge is 2.21. The van der Waals surface area contributed by atoms with Crippen LogP contribution in [-0.4, -0.2) is 29.4 Å². The summed E-state index contributed by atoms with van der Waals surface area (Å²) in [6.45, 7) is 2.35. The fourth-order valence-electron chi connectivity index (χ4n) is 2.34. The Bertz CT molecular complexity index is 691. The fourth-order valence-corrected chi connectivity index (χ4v) is 3.30. The van der Waals surface area contributed by atoms with Gasteiger partial charge in [-0.05, 0) is 37.6 Å². The number of carbonyl (C=O) groups is 2. The zero-order valence-electron chi connectivity index (χ0n) is 11.6. The lowest BCUT2D eigenvalue weighted by atomic mass is 10.2. The molecule has 0 bridgehead atoms. The van der Waals surface area contributed by atoms with E-state index in [0.717, 1.165) is 35.3 Å². The molecule has 6 nitrogen and oxygen atoms in total. The van der Waals surface area contributed by atoms with Crippen molar-refractivity contribution < 1.29 is 9.59 Å². The van der Waals surface area contributed by atoms with Gasteiger partial charge in [-0.15, -0.1) is 0 Å². The van der Waals surface area contributed by atoms with Gasteiger partial charge in [-0.2, -0.15) is 0 Å². The molecule has 7 heteroatoms. The van der Waals surface area contributed by atoms with Crippen molar-refractivity contribution in [3.63, 3.8) is 0 Å². The lowest BCUT2D eigenvalue weighted by molar-refractivity contribution is -0.117. The van der Waals surface area contributed by atoms with Gasteiger partial charge in [0.25, 0.3) is 0 Å². The van der Waals surface area contributed by atoms with Crippen LogP contribution in [0.25, 0.3) is 10.2 Å². The maximum absolute atomic E-state index is 12.1. The summed E-state index contributed by atoms with van der Waals surface area (Å²) in [7, 11) is 0. The largest absolute Gasteiger partial charge is 0.325 e. The summed E-state index contributed by atoms with van der Waals surface area (Å²) in [5.41, 5.74) is 1.56. The summed E-state index contributed by atoms with van der Waals surface area (Å²) in [5.74, 6) is -0.145. The average Bonchev–Trinajstić information content (AvgIpc) is 3.05. The first-order chi connectivity index (χ1) is 10.1. The second-order valence-electron chi connectivity index (χ2n) is 5.02. The molecule has 1 unspecified atom stereocenters. The van der Waals surface area contributed by atoms with Crippen LogP contribution < -0.4 is 16.0 Å². The quantitative estimate of drug-likeness (QED) is 0.809. The molecular weight excluding hydrogens is 288 g/mol. The summed E-state index contributed by atoms with van der Waals surface area (Å²) in [5, 5.41) is 9.32. The summed E-state index contributed by atoms with van der Waals surface area (Å²) in [4.78, 5) is 27.4. The number of rotatable bonds is 3. The summed E-state index contributed by atoms with van der Waals surface area (Å²) in [6, 6.07) is 5.45. The standard InChI is InChI=1S/C14H16N4O2S/c1-8(19)16-14-18-10-5-4-9(7-12(10)21-14)17-13(20)11-3-2-6-15-11/h4-5,7,11,15H,2-3,6H2,1H3,(H,17,20)(H,16,18,19). The highest BCUT2D eigenvalue weighted by Crippen LogP contribution is 2.28. The van der Waals surface area contributed by atoms with Gasteiger partial charge in [0.15, 0.2) is 5.13 Å². The molecule has 1 saturated heterocycles. The van der Waals surface area contributed by atoms with E-state index >= 15 is 0 Å². The van der Waals surface area contributed by atoms with Crippen molar-refractivity contribution >= 4 is 44.2 Å². The maximum Gasteiger partial charge on any atom is 0.241 e. The molecule has 0 saturated carbocycles. The van der Waals surface area contributed by atoms with E-state index in [0.29, 0.717) is 5.13 Å². The van der Waals surface area contributed by atoms with E-state index in [4.69, 9.17) is 0 Å². The van der Waals surface area contributed by atoms with Crippen LogP contribution >= 0.6 is 11.3 Å². The smallest absolute Gasteiger partial charge is 0.241 e. The van der Waals surface area contributed by atoms with Crippen LogP contribution in [0, 0.1) is 0 Å². The van der Waals surface area contributed by atoms with Crippen molar-refractivity contribution in [2.75, 3.05) is 17.2 Å². The van der Waals surface area contributed by atoms with Gasteiger partial charge in [0, 0.05) is 12.6 Å².